The van der Waals surface area contributed by atoms with Crippen molar-refractivity contribution in [1.82, 2.24) is 10.2 Å². The number of nitrogens with one attached hydrogen (secondary N) is 1. The van der Waals surface area contributed by atoms with Crippen LogP contribution in [0, 0.1) is 0 Å². The first-order valence-corrected chi connectivity index (χ1v) is 5.64. The van der Waals surface area contributed by atoms with Crippen LogP contribution in [0.1, 0.15) is 6.92 Å². The molecule has 1 fully saturated rings. The summed E-state index contributed by atoms with van der Waals surface area (Å²) in [6.07, 6.45) is 1.56. The second kappa shape index (κ2) is 5.06. The van der Waals surface area contributed by atoms with Gasteiger partial charge in [-0.1, -0.05) is 6.08 Å². The first-order chi connectivity index (χ1) is 7.07. The maximum Gasteiger partial charge on any atom is 0.327 e. The second-order valence-electron chi connectivity index (χ2n) is 3.17. The van der Waals surface area contributed by atoms with E-state index in [0.29, 0.717) is 12.3 Å². The number of thioether (sulfide) groups is 1. The largest absolute Gasteiger partial charge is 0.480 e. The van der Waals surface area contributed by atoms with Gasteiger partial charge in [0.2, 0.25) is 0 Å². The van der Waals surface area contributed by atoms with E-state index in [1.807, 2.05) is 6.92 Å². The van der Waals surface area contributed by atoms with Gasteiger partial charge in [0.1, 0.15) is 6.04 Å². The highest BCUT2D eigenvalue weighted by molar-refractivity contribution is 8.00. The maximum absolute atomic E-state index is 11.6. The van der Waals surface area contributed by atoms with Gasteiger partial charge >= 0.3 is 12.0 Å². The summed E-state index contributed by atoms with van der Waals surface area (Å²) in [6.45, 7) is 5.64. The number of rotatable bonds is 3. The van der Waals surface area contributed by atoms with Crippen LogP contribution in [-0.2, 0) is 4.79 Å². The fourth-order valence-corrected chi connectivity index (χ4v) is 2.56. The van der Waals surface area contributed by atoms with E-state index in [9.17, 15) is 9.59 Å². The number of aliphatic carboxylic acids is 1. The minimum atomic E-state index is -0.958. The number of nitrogens with zero attached hydrogens (tertiary/aromatic N) is 1. The second-order valence-corrected chi connectivity index (χ2v) is 4.52. The van der Waals surface area contributed by atoms with Crippen LogP contribution >= 0.6 is 11.8 Å². The number of carbonyl (C=O) groups excluding carboxylic acids is 1. The molecule has 0 aliphatic carbocycles. The molecule has 0 bridgehead atoms. The summed E-state index contributed by atoms with van der Waals surface area (Å²) in [6, 6.07) is -1.07. The molecule has 2 unspecified atom stereocenters. The van der Waals surface area contributed by atoms with E-state index in [4.69, 9.17) is 5.11 Å². The van der Waals surface area contributed by atoms with Gasteiger partial charge in [0.05, 0.1) is 5.37 Å². The smallest absolute Gasteiger partial charge is 0.327 e. The fourth-order valence-electron chi connectivity index (χ4n) is 1.39. The van der Waals surface area contributed by atoms with Gasteiger partial charge in [0.15, 0.2) is 0 Å². The van der Waals surface area contributed by atoms with Crippen molar-refractivity contribution in [3.63, 3.8) is 0 Å². The number of carboxylic acid groups (broad SMARTS) is 1. The topological polar surface area (TPSA) is 69.6 Å². The van der Waals surface area contributed by atoms with Crippen LogP contribution in [0.5, 0.6) is 0 Å². The molecule has 0 aromatic rings. The number of amides is 2. The lowest BCUT2D eigenvalue weighted by Gasteiger charge is -2.24. The van der Waals surface area contributed by atoms with Crippen molar-refractivity contribution in [2.45, 2.75) is 18.3 Å². The van der Waals surface area contributed by atoms with Crippen molar-refractivity contribution < 1.29 is 14.7 Å². The molecule has 2 atom stereocenters. The molecule has 15 heavy (non-hydrogen) atoms. The summed E-state index contributed by atoms with van der Waals surface area (Å²) < 4.78 is 0. The molecule has 0 aromatic heterocycles. The first-order valence-electron chi connectivity index (χ1n) is 4.59. The van der Waals surface area contributed by atoms with Crippen molar-refractivity contribution in [2.24, 2.45) is 0 Å². The SMILES string of the molecule is C=CCNC(=O)N1C(C)SCC1C(=O)O. The first kappa shape index (κ1) is 11.9. The van der Waals surface area contributed by atoms with Gasteiger partial charge in [-0.3, -0.25) is 4.90 Å². The molecule has 1 aliphatic rings. The summed E-state index contributed by atoms with van der Waals surface area (Å²) >= 11 is 1.46. The highest BCUT2D eigenvalue weighted by Gasteiger charge is 2.39. The van der Waals surface area contributed by atoms with E-state index in [2.05, 4.69) is 11.9 Å². The molecule has 2 N–H and O–H groups in total. The number of carboxylic acids is 1. The molecule has 84 valence electrons. The molecule has 1 rings (SSSR count). The van der Waals surface area contributed by atoms with E-state index in [0.717, 1.165) is 0 Å². The molecular weight excluding hydrogens is 216 g/mol. The van der Waals surface area contributed by atoms with Crippen molar-refractivity contribution in [2.75, 3.05) is 12.3 Å². The molecule has 1 heterocycles. The lowest BCUT2D eigenvalue weighted by Crippen LogP contribution is -2.49. The van der Waals surface area contributed by atoms with Crippen LogP contribution in [-0.4, -0.2) is 45.7 Å². The quantitative estimate of drug-likeness (QED) is 0.701. The minimum absolute atomic E-state index is 0.101. The predicted molar refractivity (Wildman–Crippen MR) is 58.8 cm³/mol. The van der Waals surface area contributed by atoms with Crippen LogP contribution in [0.3, 0.4) is 0 Å². The van der Waals surface area contributed by atoms with E-state index < -0.39 is 12.0 Å². The van der Waals surface area contributed by atoms with Gasteiger partial charge in [-0.15, -0.1) is 18.3 Å². The lowest BCUT2D eigenvalue weighted by molar-refractivity contribution is -0.141. The van der Waals surface area contributed by atoms with Gasteiger partial charge in [-0.25, -0.2) is 9.59 Å². The Hall–Kier alpha value is -1.17. The minimum Gasteiger partial charge on any atom is -0.480 e. The monoisotopic (exact) mass is 230 g/mol. The molecule has 0 saturated carbocycles. The van der Waals surface area contributed by atoms with Gasteiger partial charge < -0.3 is 10.4 Å². The Kier molecular flexibility index (Phi) is 4.02. The number of hydrogen-bond donors (Lipinski definition) is 2. The zero-order chi connectivity index (χ0) is 11.4. The molecule has 6 heteroatoms. The molecule has 0 radical (unpaired) electrons. The van der Waals surface area contributed by atoms with E-state index >= 15 is 0 Å². The Morgan fingerprint density at radius 3 is 2.93 bits per heavy atom. The third kappa shape index (κ3) is 2.65. The standard InChI is InChI=1S/C9H14N2O3S/c1-3-4-10-9(14)11-6(2)15-5-7(11)8(12)13/h3,6-7H,1,4-5H2,2H3,(H,10,14)(H,12,13). The number of hydrogen-bond acceptors (Lipinski definition) is 3. The van der Waals surface area contributed by atoms with Crippen molar-refractivity contribution in [1.29, 1.82) is 0 Å². The molecule has 1 aliphatic heterocycles. The molecule has 2 amide bonds. The average Bonchev–Trinajstić information content (AvgIpc) is 2.56. The molecule has 0 aromatic carbocycles. The van der Waals surface area contributed by atoms with Crippen LogP contribution in [0.2, 0.25) is 0 Å². The summed E-state index contributed by atoms with van der Waals surface area (Å²) in [5.74, 6) is -0.515. The molecule has 5 nitrogen and oxygen atoms in total. The highest BCUT2D eigenvalue weighted by Crippen LogP contribution is 2.28. The molecule has 1 saturated heterocycles. The summed E-state index contributed by atoms with van der Waals surface area (Å²) in [5.41, 5.74) is 0. The van der Waals surface area contributed by atoms with Crippen molar-refractivity contribution >= 4 is 23.8 Å². The lowest BCUT2D eigenvalue weighted by atomic mass is 10.3. The fraction of sp³-hybridized carbons (Fsp3) is 0.556. The maximum atomic E-state index is 11.6. The predicted octanol–water partition coefficient (Wildman–Crippen LogP) is 0.730. The van der Waals surface area contributed by atoms with E-state index in [-0.39, 0.29) is 11.4 Å². The van der Waals surface area contributed by atoms with E-state index in [1.165, 1.54) is 16.7 Å². The third-order valence-corrected chi connectivity index (χ3v) is 3.36. The zero-order valence-corrected chi connectivity index (χ0v) is 9.29. The Balaban J connectivity index is 2.66. The van der Waals surface area contributed by atoms with Gasteiger partial charge in [-0.2, -0.15) is 0 Å². The zero-order valence-electron chi connectivity index (χ0n) is 8.47. The van der Waals surface area contributed by atoms with Gasteiger partial charge in [-0.05, 0) is 6.92 Å². The Morgan fingerprint density at radius 2 is 2.40 bits per heavy atom. The normalized spacial score (nSPS) is 25.0. The Bertz CT molecular complexity index is 283. The molecule has 0 spiro atoms. The average molecular weight is 230 g/mol. The number of urea groups is 1. The summed E-state index contributed by atoms with van der Waals surface area (Å²) in [4.78, 5) is 23.9. The molecular formula is C9H14N2O3S. The van der Waals surface area contributed by atoms with Crippen LogP contribution in [0.25, 0.3) is 0 Å². The highest BCUT2D eigenvalue weighted by atomic mass is 32.2. The van der Waals surface area contributed by atoms with Gasteiger partial charge in [0, 0.05) is 12.3 Å². The summed E-state index contributed by atoms with van der Waals surface area (Å²) in [5, 5.41) is 11.4. The van der Waals surface area contributed by atoms with Crippen molar-refractivity contribution in [3.8, 4) is 0 Å². The summed E-state index contributed by atoms with van der Waals surface area (Å²) in [7, 11) is 0. The van der Waals surface area contributed by atoms with Crippen LogP contribution in [0.4, 0.5) is 4.79 Å². The van der Waals surface area contributed by atoms with Crippen LogP contribution < -0.4 is 5.32 Å². The Morgan fingerprint density at radius 1 is 1.73 bits per heavy atom. The van der Waals surface area contributed by atoms with Gasteiger partial charge in [0.25, 0.3) is 0 Å². The Labute approximate surface area is 92.5 Å². The van der Waals surface area contributed by atoms with Crippen LogP contribution in [0.15, 0.2) is 12.7 Å². The van der Waals surface area contributed by atoms with E-state index in [1.54, 1.807) is 6.08 Å². The third-order valence-electron chi connectivity index (χ3n) is 2.14. The van der Waals surface area contributed by atoms with Crippen molar-refractivity contribution in [3.05, 3.63) is 12.7 Å². The number of carbonyl (C=O) groups is 2.